The molecule has 0 aliphatic carbocycles. The summed E-state index contributed by atoms with van der Waals surface area (Å²) in [6.07, 6.45) is 3.33. The molecule has 128 valence electrons. The fourth-order valence-corrected chi connectivity index (χ4v) is 3.57. The van der Waals surface area contributed by atoms with E-state index in [1.165, 1.54) is 11.1 Å². The third-order valence-electron chi connectivity index (χ3n) is 5.74. The van der Waals surface area contributed by atoms with E-state index in [4.69, 9.17) is 14.0 Å². The number of morpholine rings is 1. The minimum Gasteiger partial charge on any atom is -0.399 e. The molecule has 0 spiro atoms. The van der Waals surface area contributed by atoms with E-state index in [9.17, 15) is 0 Å². The summed E-state index contributed by atoms with van der Waals surface area (Å²) in [5, 5.41) is 3.59. The highest BCUT2D eigenvalue weighted by molar-refractivity contribution is 6.62. The molecular formula is C19H26BNO3. The third kappa shape index (κ3) is 2.84. The van der Waals surface area contributed by atoms with Crippen molar-refractivity contribution >= 4 is 18.2 Å². The number of hydrogen-bond acceptors (Lipinski definition) is 4. The van der Waals surface area contributed by atoms with Crippen LogP contribution in [-0.4, -0.2) is 43.6 Å². The maximum atomic E-state index is 6.13. The largest absolute Gasteiger partial charge is 0.494 e. The lowest BCUT2D eigenvalue weighted by atomic mass is 9.78. The van der Waals surface area contributed by atoms with Gasteiger partial charge in [-0.1, -0.05) is 30.3 Å². The first kappa shape index (κ1) is 16.3. The van der Waals surface area contributed by atoms with Crippen LogP contribution in [0.4, 0.5) is 0 Å². The first-order valence-corrected chi connectivity index (χ1v) is 8.84. The maximum absolute atomic E-state index is 6.13. The molecule has 4 nitrogen and oxygen atoms in total. The molecular weight excluding hydrogens is 301 g/mol. The number of ether oxygens (including phenoxy) is 1. The quantitative estimate of drug-likeness (QED) is 0.845. The van der Waals surface area contributed by atoms with Crippen LogP contribution in [0.3, 0.4) is 0 Å². The summed E-state index contributed by atoms with van der Waals surface area (Å²) >= 11 is 0. The first-order valence-electron chi connectivity index (χ1n) is 8.84. The SMILES string of the molecule is CC1(C)OB(c2ccc(C3=CC4COCC(C3)N4)cc2)OC1(C)C. The molecule has 1 N–H and O–H groups in total. The van der Waals surface area contributed by atoms with E-state index >= 15 is 0 Å². The van der Waals surface area contributed by atoms with Gasteiger partial charge in [0, 0.05) is 12.1 Å². The van der Waals surface area contributed by atoms with Crippen LogP contribution in [0.2, 0.25) is 0 Å². The van der Waals surface area contributed by atoms with Crippen molar-refractivity contribution in [2.45, 2.75) is 57.4 Å². The average Bonchev–Trinajstić information content (AvgIpc) is 2.75. The lowest BCUT2D eigenvalue weighted by Gasteiger charge is -2.35. The number of benzene rings is 1. The lowest BCUT2D eigenvalue weighted by molar-refractivity contribution is 0.00578. The van der Waals surface area contributed by atoms with Gasteiger partial charge in [-0.2, -0.15) is 0 Å². The van der Waals surface area contributed by atoms with Gasteiger partial charge in [0.25, 0.3) is 0 Å². The van der Waals surface area contributed by atoms with Crippen molar-refractivity contribution in [3.8, 4) is 0 Å². The van der Waals surface area contributed by atoms with Crippen LogP contribution < -0.4 is 10.8 Å². The highest BCUT2D eigenvalue weighted by Gasteiger charge is 2.51. The molecule has 2 fully saturated rings. The van der Waals surface area contributed by atoms with Crippen LogP contribution in [0.1, 0.15) is 39.7 Å². The van der Waals surface area contributed by atoms with E-state index in [2.05, 4.69) is 63.4 Å². The Morgan fingerprint density at radius 1 is 1.00 bits per heavy atom. The summed E-state index contributed by atoms with van der Waals surface area (Å²) in [5.74, 6) is 0. The third-order valence-corrected chi connectivity index (χ3v) is 5.74. The predicted molar refractivity (Wildman–Crippen MR) is 96.3 cm³/mol. The predicted octanol–water partition coefficient (Wildman–Crippen LogP) is 2.13. The number of fused-ring (bicyclic) bond motifs is 2. The number of rotatable bonds is 2. The van der Waals surface area contributed by atoms with Gasteiger partial charge in [-0.15, -0.1) is 0 Å². The summed E-state index contributed by atoms with van der Waals surface area (Å²) in [5.41, 5.74) is 3.17. The molecule has 0 radical (unpaired) electrons. The first-order chi connectivity index (χ1) is 11.3. The van der Waals surface area contributed by atoms with Gasteiger partial charge in [0.1, 0.15) is 0 Å². The molecule has 3 heterocycles. The van der Waals surface area contributed by atoms with Crippen LogP contribution in [0.25, 0.3) is 5.57 Å². The standard InChI is InChI=1S/C19H26BNO3/c1-18(2)19(3,4)24-20(23-18)15-7-5-13(6-8-15)14-9-16-11-22-12-17(10-14)21-16/h5-9,16-17,21H,10-12H2,1-4H3. The summed E-state index contributed by atoms with van der Waals surface area (Å²) in [4.78, 5) is 0. The van der Waals surface area contributed by atoms with Gasteiger partial charge in [-0.25, -0.2) is 0 Å². The van der Waals surface area contributed by atoms with Crippen molar-refractivity contribution in [2.75, 3.05) is 13.2 Å². The van der Waals surface area contributed by atoms with E-state index < -0.39 is 0 Å². The van der Waals surface area contributed by atoms with Gasteiger partial charge in [-0.05, 0) is 50.7 Å². The topological polar surface area (TPSA) is 39.7 Å². The number of hydrogen-bond donors (Lipinski definition) is 1. The molecule has 1 aromatic rings. The van der Waals surface area contributed by atoms with Gasteiger partial charge >= 0.3 is 7.12 Å². The monoisotopic (exact) mass is 327 g/mol. The van der Waals surface area contributed by atoms with Crippen molar-refractivity contribution in [3.63, 3.8) is 0 Å². The molecule has 3 aliphatic rings. The van der Waals surface area contributed by atoms with Gasteiger partial charge in [-0.3, -0.25) is 0 Å². The highest BCUT2D eigenvalue weighted by Crippen LogP contribution is 2.36. The summed E-state index contributed by atoms with van der Waals surface area (Å²) in [6.45, 7) is 9.92. The summed E-state index contributed by atoms with van der Waals surface area (Å²) in [7, 11) is -0.293. The Hall–Kier alpha value is -1.14. The molecule has 4 rings (SSSR count). The van der Waals surface area contributed by atoms with Crippen molar-refractivity contribution in [1.82, 2.24) is 5.32 Å². The fourth-order valence-electron chi connectivity index (χ4n) is 3.57. The normalized spacial score (nSPS) is 31.0. The summed E-state index contributed by atoms with van der Waals surface area (Å²) in [6, 6.07) is 9.42. The van der Waals surface area contributed by atoms with Crippen molar-refractivity contribution < 1.29 is 14.0 Å². The molecule has 0 aromatic heterocycles. The molecule has 2 saturated heterocycles. The Morgan fingerprint density at radius 2 is 1.67 bits per heavy atom. The zero-order valence-corrected chi connectivity index (χ0v) is 15.0. The van der Waals surface area contributed by atoms with E-state index in [0.717, 1.165) is 25.1 Å². The van der Waals surface area contributed by atoms with Gasteiger partial charge in [0.15, 0.2) is 0 Å². The smallest absolute Gasteiger partial charge is 0.399 e. The molecule has 2 unspecified atom stereocenters. The molecule has 0 saturated carbocycles. The maximum Gasteiger partial charge on any atom is 0.494 e. The second-order valence-electron chi connectivity index (χ2n) is 8.11. The lowest BCUT2D eigenvalue weighted by Crippen LogP contribution is -2.50. The minimum absolute atomic E-state index is 0.293. The van der Waals surface area contributed by atoms with Crippen LogP contribution in [0.5, 0.6) is 0 Å². The van der Waals surface area contributed by atoms with Crippen LogP contribution in [0, 0.1) is 0 Å². The molecule has 2 atom stereocenters. The second kappa shape index (κ2) is 5.70. The van der Waals surface area contributed by atoms with Crippen molar-refractivity contribution in [3.05, 3.63) is 35.9 Å². The van der Waals surface area contributed by atoms with E-state index in [1.807, 2.05) is 0 Å². The number of nitrogens with one attached hydrogen (secondary N) is 1. The van der Waals surface area contributed by atoms with Crippen molar-refractivity contribution in [2.24, 2.45) is 0 Å². The molecule has 3 aliphatic heterocycles. The fraction of sp³-hybridized carbons (Fsp3) is 0.579. The second-order valence-corrected chi connectivity index (χ2v) is 8.11. The Labute approximate surface area is 144 Å². The van der Waals surface area contributed by atoms with Gasteiger partial charge < -0.3 is 19.4 Å². The molecule has 24 heavy (non-hydrogen) atoms. The molecule has 5 heteroatoms. The van der Waals surface area contributed by atoms with E-state index in [1.54, 1.807) is 0 Å². The van der Waals surface area contributed by atoms with Gasteiger partial charge in [0.2, 0.25) is 0 Å². The van der Waals surface area contributed by atoms with E-state index in [0.29, 0.717) is 12.1 Å². The zero-order chi connectivity index (χ0) is 16.9. The van der Waals surface area contributed by atoms with Crippen LogP contribution in [-0.2, 0) is 14.0 Å². The average molecular weight is 327 g/mol. The Morgan fingerprint density at radius 3 is 2.29 bits per heavy atom. The minimum atomic E-state index is -0.300. The highest BCUT2D eigenvalue weighted by atomic mass is 16.7. The van der Waals surface area contributed by atoms with E-state index in [-0.39, 0.29) is 18.3 Å². The van der Waals surface area contributed by atoms with Crippen molar-refractivity contribution in [1.29, 1.82) is 0 Å². The molecule has 0 amide bonds. The molecule has 1 aromatic carbocycles. The molecule has 2 bridgehead atoms. The van der Waals surface area contributed by atoms with Crippen LogP contribution in [0.15, 0.2) is 30.3 Å². The van der Waals surface area contributed by atoms with Gasteiger partial charge in [0.05, 0.1) is 24.4 Å². The Balaban J connectivity index is 1.53. The zero-order valence-electron chi connectivity index (χ0n) is 15.0. The Kier molecular flexibility index (Phi) is 3.88. The van der Waals surface area contributed by atoms with Crippen LogP contribution >= 0.6 is 0 Å². The Bertz CT molecular complexity index is 637. The summed E-state index contributed by atoms with van der Waals surface area (Å²) < 4.78 is 17.9.